The lowest BCUT2D eigenvalue weighted by atomic mass is 10.2. The molecular weight excluding hydrogens is 418 g/mol. The fraction of sp³-hybridized carbons (Fsp3) is 0. The second-order valence-corrected chi connectivity index (χ2v) is 7.86. The van der Waals surface area contributed by atoms with Crippen LogP contribution in [0.15, 0.2) is 46.6 Å². The molecule has 0 saturated heterocycles. The third-order valence-electron chi connectivity index (χ3n) is 4.28. The van der Waals surface area contributed by atoms with Crippen LogP contribution < -0.4 is 10.5 Å². The summed E-state index contributed by atoms with van der Waals surface area (Å²) in [7, 11) is 0. The largest absolute Gasteiger partial charge is 0.301 e. The standard InChI is InChI=1S/C17H7N5O5S2/c23-14-11(10-2-1-7-28-10)19-21-12-13(29-17(21)18-14)16(25)20(15(12)24)8-3-5-9(6-4-8)22(26)27/h1-7H. The third kappa shape index (κ3) is 2.50. The van der Waals surface area contributed by atoms with Crippen LogP contribution in [0.2, 0.25) is 0 Å². The Balaban J connectivity index is 1.64. The van der Waals surface area contributed by atoms with Crippen LogP contribution in [0.1, 0.15) is 20.2 Å². The molecule has 3 aromatic heterocycles. The number of amides is 2. The van der Waals surface area contributed by atoms with Crippen LogP contribution >= 0.6 is 22.7 Å². The van der Waals surface area contributed by atoms with E-state index < -0.39 is 22.3 Å². The van der Waals surface area contributed by atoms with Crippen LogP contribution in [0.3, 0.4) is 0 Å². The molecule has 0 N–H and O–H groups in total. The minimum Gasteiger partial charge on any atom is -0.267 e. The molecule has 1 aliphatic heterocycles. The Morgan fingerprint density at radius 1 is 1.03 bits per heavy atom. The Bertz CT molecular complexity index is 1390. The lowest BCUT2D eigenvalue weighted by molar-refractivity contribution is -0.384. The zero-order chi connectivity index (χ0) is 20.3. The van der Waals surface area contributed by atoms with Gasteiger partial charge in [-0.2, -0.15) is 14.6 Å². The van der Waals surface area contributed by atoms with Crippen molar-refractivity contribution in [2.45, 2.75) is 0 Å². The SMILES string of the molecule is O=C1c2sc3nc(=O)c(-c4cccs4)nn3c2C(=O)N1c1ccc([N+](=O)[O-])cc1. The maximum atomic E-state index is 13.0. The number of thiazole rings is 1. The second kappa shape index (κ2) is 6.12. The number of anilines is 1. The first-order valence-electron chi connectivity index (χ1n) is 8.06. The molecule has 2 amide bonds. The normalized spacial score (nSPS) is 13.3. The monoisotopic (exact) mass is 425 g/mol. The number of nitro groups is 1. The Morgan fingerprint density at radius 3 is 2.45 bits per heavy atom. The highest BCUT2D eigenvalue weighted by molar-refractivity contribution is 7.19. The van der Waals surface area contributed by atoms with Crippen molar-refractivity contribution in [1.82, 2.24) is 14.6 Å². The van der Waals surface area contributed by atoms with E-state index in [0.717, 1.165) is 16.2 Å². The molecule has 4 aromatic rings. The molecule has 0 atom stereocenters. The number of thiophene rings is 1. The summed E-state index contributed by atoms with van der Waals surface area (Å²) in [6, 6.07) is 8.56. The van der Waals surface area contributed by atoms with Gasteiger partial charge >= 0.3 is 5.56 Å². The summed E-state index contributed by atoms with van der Waals surface area (Å²) in [5.41, 5.74) is -0.392. The van der Waals surface area contributed by atoms with E-state index >= 15 is 0 Å². The van der Waals surface area contributed by atoms with Gasteiger partial charge in [0.1, 0.15) is 4.88 Å². The van der Waals surface area contributed by atoms with Gasteiger partial charge in [0.25, 0.3) is 17.5 Å². The number of nitrogens with zero attached hydrogens (tertiary/aromatic N) is 5. The van der Waals surface area contributed by atoms with Gasteiger partial charge in [0.2, 0.25) is 4.96 Å². The Labute approximate surface area is 168 Å². The first-order chi connectivity index (χ1) is 14.0. The highest BCUT2D eigenvalue weighted by atomic mass is 32.1. The van der Waals surface area contributed by atoms with Crippen molar-refractivity contribution in [3.05, 3.63) is 72.8 Å². The zero-order valence-corrected chi connectivity index (χ0v) is 15.8. The Kier molecular flexibility index (Phi) is 3.66. The molecule has 10 nitrogen and oxygen atoms in total. The molecule has 0 aliphatic carbocycles. The van der Waals surface area contributed by atoms with Gasteiger partial charge in [-0.1, -0.05) is 17.4 Å². The number of rotatable bonds is 3. The van der Waals surface area contributed by atoms with E-state index in [4.69, 9.17) is 0 Å². The van der Waals surface area contributed by atoms with Gasteiger partial charge < -0.3 is 0 Å². The van der Waals surface area contributed by atoms with Crippen molar-refractivity contribution >= 4 is 50.8 Å². The molecule has 0 unspecified atom stereocenters. The molecule has 0 radical (unpaired) electrons. The van der Waals surface area contributed by atoms with Crippen LogP contribution in [0.5, 0.6) is 0 Å². The van der Waals surface area contributed by atoms with E-state index in [2.05, 4.69) is 10.1 Å². The summed E-state index contributed by atoms with van der Waals surface area (Å²) in [5.74, 6) is -1.23. The summed E-state index contributed by atoms with van der Waals surface area (Å²) >= 11 is 2.20. The fourth-order valence-electron chi connectivity index (χ4n) is 2.98. The Hall–Kier alpha value is -3.77. The summed E-state index contributed by atoms with van der Waals surface area (Å²) in [4.78, 5) is 54.1. The number of imide groups is 1. The van der Waals surface area contributed by atoms with E-state index in [0.29, 0.717) is 4.88 Å². The molecule has 29 heavy (non-hydrogen) atoms. The van der Waals surface area contributed by atoms with Gasteiger partial charge in [-0.25, -0.2) is 4.90 Å². The van der Waals surface area contributed by atoms with Gasteiger partial charge in [-0.3, -0.25) is 24.5 Å². The van der Waals surface area contributed by atoms with Crippen LogP contribution in [-0.2, 0) is 0 Å². The van der Waals surface area contributed by atoms with Crippen molar-refractivity contribution in [3.8, 4) is 10.6 Å². The molecule has 12 heteroatoms. The number of non-ortho nitro benzene ring substituents is 1. The van der Waals surface area contributed by atoms with Gasteiger partial charge in [0.05, 0.1) is 15.5 Å². The predicted molar refractivity (Wildman–Crippen MR) is 105 cm³/mol. The summed E-state index contributed by atoms with van der Waals surface area (Å²) in [6.07, 6.45) is 0. The number of carbonyl (C=O) groups is 2. The molecule has 0 fully saturated rings. The molecule has 1 aromatic carbocycles. The average molecular weight is 425 g/mol. The van der Waals surface area contributed by atoms with Crippen molar-refractivity contribution in [1.29, 1.82) is 0 Å². The average Bonchev–Trinajstić information content (AvgIpc) is 3.39. The molecule has 0 saturated carbocycles. The Morgan fingerprint density at radius 2 is 1.79 bits per heavy atom. The van der Waals surface area contributed by atoms with E-state index in [1.807, 2.05) is 0 Å². The second-order valence-electron chi connectivity index (χ2n) is 5.94. The summed E-state index contributed by atoms with van der Waals surface area (Å²) < 4.78 is 1.21. The van der Waals surface area contributed by atoms with Crippen molar-refractivity contribution in [2.24, 2.45) is 0 Å². The number of benzene rings is 1. The van der Waals surface area contributed by atoms with E-state index in [9.17, 15) is 24.5 Å². The van der Waals surface area contributed by atoms with Gasteiger partial charge in [-0.05, 0) is 23.6 Å². The molecule has 4 heterocycles. The van der Waals surface area contributed by atoms with Gasteiger partial charge in [-0.15, -0.1) is 11.3 Å². The maximum Gasteiger partial charge on any atom is 0.301 e. The first-order valence-corrected chi connectivity index (χ1v) is 9.76. The van der Waals surface area contributed by atoms with Gasteiger partial charge in [0.15, 0.2) is 11.4 Å². The van der Waals surface area contributed by atoms with Crippen LogP contribution in [-0.4, -0.2) is 31.3 Å². The molecule has 0 bridgehead atoms. The van der Waals surface area contributed by atoms with Crippen molar-refractivity contribution < 1.29 is 14.5 Å². The summed E-state index contributed by atoms with van der Waals surface area (Å²) in [6.45, 7) is 0. The molecule has 0 spiro atoms. The molecule has 142 valence electrons. The van der Waals surface area contributed by atoms with Crippen LogP contribution in [0, 0.1) is 10.1 Å². The van der Waals surface area contributed by atoms with Crippen LogP contribution in [0.25, 0.3) is 15.5 Å². The lowest BCUT2D eigenvalue weighted by Crippen LogP contribution is -2.30. The molecule has 1 aliphatic rings. The number of carbonyl (C=O) groups excluding carboxylic acids is 2. The number of fused-ring (bicyclic) bond motifs is 3. The minimum atomic E-state index is -0.639. The maximum absolute atomic E-state index is 13.0. The van der Waals surface area contributed by atoms with Crippen molar-refractivity contribution in [3.63, 3.8) is 0 Å². The van der Waals surface area contributed by atoms with Gasteiger partial charge in [0, 0.05) is 12.1 Å². The molecular formula is C17H7N5O5S2. The number of hydrogen-bond acceptors (Lipinski definition) is 9. The summed E-state index contributed by atoms with van der Waals surface area (Å²) in [5, 5.41) is 16.9. The topological polar surface area (TPSA) is 128 Å². The van der Waals surface area contributed by atoms with E-state index in [1.54, 1.807) is 17.5 Å². The highest BCUT2D eigenvalue weighted by Gasteiger charge is 2.42. The smallest absolute Gasteiger partial charge is 0.267 e. The molecule has 5 rings (SSSR count). The van der Waals surface area contributed by atoms with E-state index in [-0.39, 0.29) is 32.6 Å². The minimum absolute atomic E-state index is 0.0126. The predicted octanol–water partition coefficient (Wildman–Crippen LogP) is 2.59. The third-order valence-corrected chi connectivity index (χ3v) is 6.17. The fourth-order valence-corrected chi connectivity index (χ4v) is 4.66. The zero-order valence-electron chi connectivity index (χ0n) is 14.1. The first kappa shape index (κ1) is 17.3. The number of hydrogen-bond donors (Lipinski definition) is 0. The van der Waals surface area contributed by atoms with E-state index in [1.165, 1.54) is 40.1 Å². The van der Waals surface area contributed by atoms with Crippen LogP contribution in [0.4, 0.5) is 11.4 Å². The number of aromatic nitrogens is 3. The van der Waals surface area contributed by atoms with Crippen molar-refractivity contribution in [2.75, 3.05) is 4.90 Å². The highest BCUT2D eigenvalue weighted by Crippen LogP contribution is 2.34. The quantitative estimate of drug-likeness (QED) is 0.280. The lowest BCUT2D eigenvalue weighted by Gasteiger charge is -2.13. The number of nitro benzene ring substituents is 1.